The Balaban J connectivity index is 1.81. The zero-order valence-electron chi connectivity index (χ0n) is 19.5. The number of fused-ring (bicyclic) bond motifs is 2. The molecule has 0 bridgehead atoms. The SMILES string of the molecule is CCc1nnc(N2C(=O)c3oc4cc(C)c(C)cc4c(=O)c3C2c2ccc(OC)c(OC)c2)s1. The highest BCUT2D eigenvalue weighted by molar-refractivity contribution is 7.15. The number of carbonyl (C=O) groups is 1. The second kappa shape index (κ2) is 8.25. The van der Waals surface area contributed by atoms with Crippen molar-refractivity contribution in [3.05, 3.63) is 73.6 Å². The molecular weight excluding hydrogens is 454 g/mol. The van der Waals surface area contributed by atoms with Gasteiger partial charge in [-0.3, -0.25) is 14.5 Å². The van der Waals surface area contributed by atoms with Crippen LogP contribution < -0.4 is 19.8 Å². The summed E-state index contributed by atoms with van der Waals surface area (Å²) in [7, 11) is 3.09. The number of rotatable bonds is 5. The van der Waals surface area contributed by atoms with Crippen molar-refractivity contribution >= 4 is 33.3 Å². The monoisotopic (exact) mass is 477 g/mol. The molecule has 34 heavy (non-hydrogen) atoms. The van der Waals surface area contributed by atoms with Crippen LogP contribution in [-0.4, -0.2) is 30.3 Å². The smallest absolute Gasteiger partial charge is 0.297 e. The Kier molecular flexibility index (Phi) is 5.36. The van der Waals surface area contributed by atoms with Crippen LogP contribution in [0.25, 0.3) is 11.0 Å². The van der Waals surface area contributed by atoms with E-state index in [1.165, 1.54) is 16.2 Å². The molecule has 4 aromatic rings. The van der Waals surface area contributed by atoms with Gasteiger partial charge in [-0.15, -0.1) is 10.2 Å². The maximum atomic E-state index is 13.8. The highest BCUT2D eigenvalue weighted by Crippen LogP contribution is 2.44. The van der Waals surface area contributed by atoms with Crippen molar-refractivity contribution in [1.29, 1.82) is 0 Å². The van der Waals surface area contributed by atoms with E-state index in [1.54, 1.807) is 32.4 Å². The summed E-state index contributed by atoms with van der Waals surface area (Å²) in [5.74, 6) is 0.631. The second-order valence-electron chi connectivity index (χ2n) is 8.13. The molecule has 1 unspecified atom stereocenters. The van der Waals surface area contributed by atoms with Crippen LogP contribution in [0.1, 0.15) is 50.8 Å². The molecular formula is C25H23N3O5S. The molecule has 1 amide bonds. The first-order valence-electron chi connectivity index (χ1n) is 10.8. The second-order valence-corrected chi connectivity index (χ2v) is 9.17. The van der Waals surface area contributed by atoms with Gasteiger partial charge in [-0.25, -0.2) is 0 Å². The summed E-state index contributed by atoms with van der Waals surface area (Å²) in [6, 6.07) is 8.20. The van der Waals surface area contributed by atoms with Crippen LogP contribution >= 0.6 is 11.3 Å². The van der Waals surface area contributed by atoms with Gasteiger partial charge in [-0.2, -0.15) is 0 Å². The summed E-state index contributed by atoms with van der Waals surface area (Å²) >= 11 is 1.32. The number of ether oxygens (including phenoxy) is 2. The normalized spacial score (nSPS) is 15.1. The van der Waals surface area contributed by atoms with Crippen molar-refractivity contribution in [2.75, 3.05) is 19.1 Å². The Labute approximate surface area is 199 Å². The van der Waals surface area contributed by atoms with E-state index in [-0.39, 0.29) is 16.8 Å². The van der Waals surface area contributed by atoms with Crippen LogP contribution in [0.2, 0.25) is 0 Å². The van der Waals surface area contributed by atoms with Gasteiger partial charge in [0.2, 0.25) is 10.9 Å². The van der Waals surface area contributed by atoms with Crippen molar-refractivity contribution in [2.45, 2.75) is 33.2 Å². The number of nitrogens with zero attached hydrogens (tertiary/aromatic N) is 3. The summed E-state index contributed by atoms with van der Waals surface area (Å²) in [5, 5.41) is 10.1. The van der Waals surface area contributed by atoms with E-state index in [2.05, 4.69) is 10.2 Å². The zero-order chi connectivity index (χ0) is 24.1. The number of methoxy groups -OCH3 is 2. The van der Waals surface area contributed by atoms with Gasteiger partial charge < -0.3 is 13.9 Å². The minimum absolute atomic E-state index is 0.0220. The number of aryl methyl sites for hydroxylation is 3. The summed E-state index contributed by atoms with van der Waals surface area (Å²) in [6.45, 7) is 5.85. The minimum atomic E-state index is -0.748. The molecule has 0 aliphatic carbocycles. The lowest BCUT2D eigenvalue weighted by Gasteiger charge is -2.23. The molecule has 0 saturated carbocycles. The number of anilines is 1. The lowest BCUT2D eigenvalue weighted by molar-refractivity contribution is 0.0970. The van der Waals surface area contributed by atoms with Crippen LogP contribution in [0, 0.1) is 13.8 Å². The van der Waals surface area contributed by atoms with Gasteiger partial charge >= 0.3 is 0 Å². The fourth-order valence-electron chi connectivity index (χ4n) is 4.25. The lowest BCUT2D eigenvalue weighted by Crippen LogP contribution is -2.29. The van der Waals surface area contributed by atoms with E-state index in [1.807, 2.05) is 32.9 Å². The van der Waals surface area contributed by atoms with Crippen molar-refractivity contribution in [3.63, 3.8) is 0 Å². The maximum Gasteiger partial charge on any atom is 0.297 e. The Bertz CT molecular complexity index is 1510. The number of benzene rings is 2. The average molecular weight is 478 g/mol. The molecule has 2 aromatic heterocycles. The third-order valence-corrected chi connectivity index (χ3v) is 7.24. The van der Waals surface area contributed by atoms with E-state index in [0.717, 1.165) is 16.1 Å². The molecule has 3 heterocycles. The van der Waals surface area contributed by atoms with Crippen molar-refractivity contribution in [1.82, 2.24) is 10.2 Å². The summed E-state index contributed by atoms with van der Waals surface area (Å²) < 4.78 is 16.9. The van der Waals surface area contributed by atoms with Gasteiger partial charge in [0, 0.05) is 0 Å². The Morgan fingerprint density at radius 2 is 1.76 bits per heavy atom. The van der Waals surface area contributed by atoms with Crippen LogP contribution in [0.5, 0.6) is 11.5 Å². The number of hydrogen-bond donors (Lipinski definition) is 0. The van der Waals surface area contributed by atoms with Crippen LogP contribution in [0.15, 0.2) is 39.5 Å². The van der Waals surface area contributed by atoms with Gasteiger partial charge in [0.05, 0.1) is 31.2 Å². The van der Waals surface area contributed by atoms with Gasteiger partial charge in [0.1, 0.15) is 10.6 Å². The molecule has 8 nitrogen and oxygen atoms in total. The predicted octanol–water partition coefficient (Wildman–Crippen LogP) is 4.59. The zero-order valence-corrected chi connectivity index (χ0v) is 20.3. The summed E-state index contributed by atoms with van der Waals surface area (Å²) in [4.78, 5) is 29.0. The Morgan fingerprint density at radius 3 is 2.44 bits per heavy atom. The number of aromatic nitrogens is 2. The van der Waals surface area contributed by atoms with Crippen LogP contribution in [-0.2, 0) is 6.42 Å². The van der Waals surface area contributed by atoms with Crippen LogP contribution in [0.4, 0.5) is 5.13 Å². The van der Waals surface area contributed by atoms with E-state index in [4.69, 9.17) is 13.9 Å². The molecule has 5 rings (SSSR count). The van der Waals surface area contributed by atoms with Crippen molar-refractivity contribution < 1.29 is 18.7 Å². The van der Waals surface area contributed by atoms with Crippen LogP contribution in [0.3, 0.4) is 0 Å². The first-order chi connectivity index (χ1) is 16.4. The summed E-state index contributed by atoms with van der Waals surface area (Å²) in [6.07, 6.45) is 0.688. The summed E-state index contributed by atoms with van der Waals surface area (Å²) in [5.41, 5.74) is 3.05. The molecule has 0 fully saturated rings. The fraction of sp³-hybridized carbons (Fsp3) is 0.280. The molecule has 1 atom stereocenters. The van der Waals surface area contributed by atoms with Gasteiger partial charge in [0.15, 0.2) is 16.9 Å². The van der Waals surface area contributed by atoms with E-state index < -0.39 is 11.9 Å². The molecule has 9 heteroatoms. The number of amides is 1. The lowest BCUT2D eigenvalue weighted by atomic mass is 9.97. The molecule has 2 aromatic carbocycles. The molecule has 1 aliphatic heterocycles. The molecule has 0 radical (unpaired) electrons. The Morgan fingerprint density at radius 1 is 1.03 bits per heavy atom. The molecule has 0 spiro atoms. The molecule has 174 valence electrons. The third kappa shape index (κ3) is 3.27. The standard InChI is InChI=1S/C25H23N3O5S/c1-6-19-26-27-25(34-19)28-21(14-7-8-16(31-4)18(11-14)32-5)20-22(29)15-9-12(2)13(3)10-17(15)33-23(20)24(28)30/h7-11,21H,6H2,1-5H3. The van der Waals surface area contributed by atoms with E-state index >= 15 is 0 Å². The van der Waals surface area contributed by atoms with Gasteiger partial charge in [-0.05, 0) is 61.2 Å². The largest absolute Gasteiger partial charge is 0.493 e. The minimum Gasteiger partial charge on any atom is -0.493 e. The topological polar surface area (TPSA) is 94.8 Å². The first kappa shape index (κ1) is 22.1. The average Bonchev–Trinajstić information content (AvgIpc) is 3.42. The Hall–Kier alpha value is -3.72. The quantitative estimate of drug-likeness (QED) is 0.415. The molecule has 1 aliphatic rings. The number of hydrogen-bond acceptors (Lipinski definition) is 8. The highest BCUT2D eigenvalue weighted by atomic mass is 32.1. The fourth-order valence-corrected chi connectivity index (χ4v) is 5.05. The van der Waals surface area contributed by atoms with Gasteiger partial charge in [0.25, 0.3) is 5.91 Å². The maximum absolute atomic E-state index is 13.8. The molecule has 0 N–H and O–H groups in total. The van der Waals surface area contributed by atoms with Crippen molar-refractivity contribution in [2.24, 2.45) is 0 Å². The van der Waals surface area contributed by atoms with Crippen molar-refractivity contribution in [3.8, 4) is 11.5 Å². The molecule has 0 saturated heterocycles. The third-order valence-electron chi connectivity index (χ3n) is 6.17. The van der Waals surface area contributed by atoms with E-state index in [9.17, 15) is 9.59 Å². The predicted molar refractivity (Wildman–Crippen MR) is 129 cm³/mol. The van der Waals surface area contributed by atoms with E-state index in [0.29, 0.717) is 39.6 Å². The van der Waals surface area contributed by atoms with Gasteiger partial charge in [-0.1, -0.05) is 24.3 Å². The number of carbonyl (C=O) groups excluding carboxylic acids is 1. The highest BCUT2D eigenvalue weighted by Gasteiger charge is 2.45. The first-order valence-corrected chi connectivity index (χ1v) is 11.6.